The van der Waals surface area contributed by atoms with E-state index < -0.39 is 17.8 Å². The number of nitrogens with two attached hydrogens (primary N) is 1. The van der Waals surface area contributed by atoms with Gasteiger partial charge in [0, 0.05) is 30.1 Å². The van der Waals surface area contributed by atoms with Crippen LogP contribution in [0.4, 0.5) is 14.6 Å². The quantitative estimate of drug-likeness (QED) is 0.833. The normalized spacial score (nSPS) is 32.7. The van der Waals surface area contributed by atoms with Crippen LogP contribution in [0.25, 0.3) is 5.65 Å². The average molecular weight is 251 g/mol. The molecule has 18 heavy (non-hydrogen) atoms. The van der Waals surface area contributed by atoms with Crippen molar-refractivity contribution in [1.29, 1.82) is 0 Å². The second-order valence-electron chi connectivity index (χ2n) is 5.12. The number of anilines is 1. The van der Waals surface area contributed by atoms with Crippen LogP contribution in [0.5, 0.6) is 0 Å². The van der Waals surface area contributed by atoms with Crippen LogP contribution in [-0.4, -0.2) is 25.5 Å². The van der Waals surface area contributed by atoms with Crippen molar-refractivity contribution in [3.05, 3.63) is 18.2 Å². The summed E-state index contributed by atoms with van der Waals surface area (Å²) in [6.07, 6.45) is 4.27. The Labute approximate surface area is 101 Å². The van der Waals surface area contributed by atoms with Gasteiger partial charge in [0.05, 0.1) is 0 Å². The fraction of sp³-hybridized carbons (Fsp3) is 0.545. The van der Waals surface area contributed by atoms with E-state index in [4.69, 9.17) is 5.73 Å². The Morgan fingerprint density at radius 3 is 2.72 bits per heavy atom. The van der Waals surface area contributed by atoms with Crippen LogP contribution in [0.15, 0.2) is 12.4 Å². The molecule has 2 aromatic rings. The first-order valence-corrected chi connectivity index (χ1v) is 5.92. The maximum Gasteiger partial charge on any atom is 0.254 e. The number of aromatic nitrogens is 4. The lowest BCUT2D eigenvalue weighted by Crippen LogP contribution is -2.10. The highest BCUT2D eigenvalue weighted by molar-refractivity contribution is 5.58. The molecule has 1 unspecified atom stereocenters. The van der Waals surface area contributed by atoms with E-state index in [9.17, 15) is 8.78 Å². The molecule has 94 valence electrons. The van der Waals surface area contributed by atoms with Crippen molar-refractivity contribution in [2.75, 3.05) is 5.73 Å². The van der Waals surface area contributed by atoms with Gasteiger partial charge < -0.3 is 5.73 Å². The standard InChI is InChI=1S/C11H11F2N5/c12-11(13)6-3-5(4-7(6)11)9-16-17-10-8(14)15-1-2-18(9)10/h1-2,5-7H,3-4H2,(H2,14,15)/t5?,6-,7+. The summed E-state index contributed by atoms with van der Waals surface area (Å²) in [6, 6.07) is 0. The minimum absolute atomic E-state index is 0.0522. The third-order valence-corrected chi connectivity index (χ3v) is 4.19. The van der Waals surface area contributed by atoms with Crippen LogP contribution >= 0.6 is 0 Å². The van der Waals surface area contributed by atoms with Crippen molar-refractivity contribution < 1.29 is 8.78 Å². The molecule has 0 amide bonds. The summed E-state index contributed by atoms with van der Waals surface area (Å²) in [5, 5.41) is 8.07. The van der Waals surface area contributed by atoms with E-state index in [1.807, 2.05) is 0 Å². The summed E-state index contributed by atoms with van der Waals surface area (Å²) in [4.78, 5) is 3.93. The van der Waals surface area contributed by atoms with Gasteiger partial charge in [0.2, 0.25) is 5.65 Å². The van der Waals surface area contributed by atoms with E-state index in [1.54, 1.807) is 16.8 Å². The molecule has 2 heterocycles. The van der Waals surface area contributed by atoms with Gasteiger partial charge in [-0.25, -0.2) is 13.8 Å². The van der Waals surface area contributed by atoms with Crippen LogP contribution in [0.1, 0.15) is 24.6 Å². The minimum atomic E-state index is -2.45. The smallest absolute Gasteiger partial charge is 0.254 e. The second-order valence-corrected chi connectivity index (χ2v) is 5.12. The van der Waals surface area contributed by atoms with Crippen LogP contribution in [0.2, 0.25) is 0 Å². The fourth-order valence-electron chi connectivity index (χ4n) is 3.16. The Morgan fingerprint density at radius 2 is 2.00 bits per heavy atom. The van der Waals surface area contributed by atoms with Gasteiger partial charge in [0.1, 0.15) is 5.82 Å². The SMILES string of the molecule is Nc1nccn2c(C3C[C@@H]4[C@H](C3)C4(F)F)nnc12. The Bertz CT molecular complexity index is 623. The molecular weight excluding hydrogens is 240 g/mol. The zero-order valence-electron chi connectivity index (χ0n) is 9.42. The van der Waals surface area contributed by atoms with E-state index >= 15 is 0 Å². The maximum absolute atomic E-state index is 13.2. The van der Waals surface area contributed by atoms with Gasteiger partial charge in [-0.15, -0.1) is 10.2 Å². The molecule has 7 heteroatoms. The lowest BCUT2D eigenvalue weighted by molar-refractivity contribution is 0.0690. The number of fused-ring (bicyclic) bond motifs is 2. The lowest BCUT2D eigenvalue weighted by atomic mass is 10.0. The molecule has 2 aromatic heterocycles. The number of nitrogens with zero attached hydrogens (tertiary/aromatic N) is 4. The number of halogens is 2. The Balaban J connectivity index is 1.71. The van der Waals surface area contributed by atoms with E-state index in [0.29, 0.717) is 24.3 Å². The Hall–Kier alpha value is -1.79. The van der Waals surface area contributed by atoms with Gasteiger partial charge in [0.15, 0.2) is 5.82 Å². The number of rotatable bonds is 1. The van der Waals surface area contributed by atoms with E-state index in [2.05, 4.69) is 15.2 Å². The van der Waals surface area contributed by atoms with Crippen LogP contribution < -0.4 is 5.73 Å². The van der Waals surface area contributed by atoms with E-state index in [0.717, 1.165) is 5.82 Å². The first-order chi connectivity index (χ1) is 8.59. The predicted octanol–water partition coefficient (Wildman–Crippen LogP) is 1.47. The van der Waals surface area contributed by atoms with Gasteiger partial charge in [-0.1, -0.05) is 0 Å². The van der Waals surface area contributed by atoms with Crippen molar-refractivity contribution in [2.45, 2.75) is 24.7 Å². The molecule has 3 atom stereocenters. The number of hydrogen-bond donors (Lipinski definition) is 1. The van der Waals surface area contributed by atoms with Crippen molar-refractivity contribution in [3.8, 4) is 0 Å². The molecule has 0 spiro atoms. The molecule has 2 fully saturated rings. The molecule has 2 saturated carbocycles. The number of hydrogen-bond acceptors (Lipinski definition) is 4. The number of alkyl halides is 2. The Kier molecular flexibility index (Phi) is 1.67. The molecule has 0 aromatic carbocycles. The predicted molar refractivity (Wildman–Crippen MR) is 59.1 cm³/mol. The van der Waals surface area contributed by atoms with E-state index in [-0.39, 0.29) is 5.92 Å². The summed E-state index contributed by atoms with van der Waals surface area (Å²) in [5.41, 5.74) is 6.19. The monoisotopic (exact) mass is 251 g/mol. The van der Waals surface area contributed by atoms with Crippen molar-refractivity contribution in [2.24, 2.45) is 11.8 Å². The molecule has 0 aliphatic heterocycles. The largest absolute Gasteiger partial charge is 0.381 e. The second kappa shape index (κ2) is 2.96. The van der Waals surface area contributed by atoms with Gasteiger partial charge >= 0.3 is 0 Å². The number of nitrogen functional groups attached to an aromatic ring is 1. The molecule has 2 aliphatic rings. The molecule has 0 saturated heterocycles. The van der Waals surface area contributed by atoms with E-state index in [1.165, 1.54) is 0 Å². The van der Waals surface area contributed by atoms with Crippen molar-refractivity contribution in [3.63, 3.8) is 0 Å². The minimum Gasteiger partial charge on any atom is -0.381 e. The highest BCUT2D eigenvalue weighted by Gasteiger charge is 2.71. The maximum atomic E-state index is 13.2. The molecular formula is C11H11F2N5. The summed E-state index contributed by atoms with van der Waals surface area (Å²) in [7, 11) is 0. The topological polar surface area (TPSA) is 69.1 Å². The lowest BCUT2D eigenvalue weighted by Gasteiger charge is -2.12. The van der Waals surface area contributed by atoms with Gasteiger partial charge in [0.25, 0.3) is 5.92 Å². The Morgan fingerprint density at radius 1 is 1.28 bits per heavy atom. The van der Waals surface area contributed by atoms with Gasteiger partial charge in [-0.3, -0.25) is 4.40 Å². The first kappa shape index (κ1) is 10.2. The third kappa shape index (κ3) is 1.11. The molecule has 2 N–H and O–H groups in total. The molecule has 5 nitrogen and oxygen atoms in total. The molecule has 4 rings (SSSR count). The van der Waals surface area contributed by atoms with Crippen molar-refractivity contribution in [1.82, 2.24) is 19.6 Å². The highest BCUT2D eigenvalue weighted by Crippen LogP contribution is 2.67. The first-order valence-electron chi connectivity index (χ1n) is 5.92. The molecule has 2 aliphatic carbocycles. The molecule has 0 bridgehead atoms. The zero-order valence-corrected chi connectivity index (χ0v) is 9.42. The summed E-state index contributed by atoms with van der Waals surface area (Å²) >= 11 is 0. The van der Waals surface area contributed by atoms with Gasteiger partial charge in [-0.05, 0) is 12.8 Å². The molecule has 0 radical (unpaired) electrons. The van der Waals surface area contributed by atoms with Crippen LogP contribution in [0, 0.1) is 11.8 Å². The van der Waals surface area contributed by atoms with Gasteiger partial charge in [-0.2, -0.15) is 0 Å². The zero-order chi connectivity index (χ0) is 12.5. The highest BCUT2D eigenvalue weighted by atomic mass is 19.3. The third-order valence-electron chi connectivity index (χ3n) is 4.19. The van der Waals surface area contributed by atoms with Crippen LogP contribution in [0.3, 0.4) is 0 Å². The summed E-state index contributed by atoms with van der Waals surface area (Å²) in [6.45, 7) is 0. The fourth-order valence-corrected chi connectivity index (χ4v) is 3.16. The van der Waals surface area contributed by atoms with Crippen LogP contribution in [-0.2, 0) is 0 Å². The summed E-state index contributed by atoms with van der Waals surface area (Å²) < 4.78 is 28.1. The van der Waals surface area contributed by atoms with Crippen molar-refractivity contribution >= 4 is 11.5 Å². The summed E-state index contributed by atoms with van der Waals surface area (Å²) in [5.74, 6) is -2.29. The average Bonchev–Trinajstić information content (AvgIpc) is 2.80.